The van der Waals surface area contributed by atoms with E-state index in [1.54, 1.807) is 6.07 Å². The van der Waals surface area contributed by atoms with Gasteiger partial charge in [-0.2, -0.15) is 5.26 Å². The van der Waals surface area contributed by atoms with Gasteiger partial charge in [-0.05, 0) is 12.8 Å². The lowest BCUT2D eigenvalue weighted by atomic mass is 9.99. The SMILES string of the molecule is N#CC(=CC1CCCOC1)C(=O)O. The Bertz CT molecular complexity index is 259. The number of rotatable bonds is 2. The summed E-state index contributed by atoms with van der Waals surface area (Å²) in [6.45, 7) is 1.26. The largest absolute Gasteiger partial charge is 0.477 e. The number of carboxylic acid groups (broad SMARTS) is 1. The van der Waals surface area contributed by atoms with Crippen molar-refractivity contribution in [1.82, 2.24) is 0 Å². The Morgan fingerprint density at radius 1 is 1.69 bits per heavy atom. The summed E-state index contributed by atoms with van der Waals surface area (Å²) < 4.78 is 5.16. The van der Waals surface area contributed by atoms with Gasteiger partial charge in [-0.1, -0.05) is 6.08 Å². The Balaban J connectivity index is 2.61. The molecule has 1 rings (SSSR count). The molecule has 0 aromatic heterocycles. The third-order valence-electron chi connectivity index (χ3n) is 1.95. The molecule has 1 fully saturated rings. The Labute approximate surface area is 76.4 Å². The highest BCUT2D eigenvalue weighted by atomic mass is 16.5. The number of hydrogen-bond acceptors (Lipinski definition) is 3. The zero-order valence-electron chi connectivity index (χ0n) is 7.19. The van der Waals surface area contributed by atoms with E-state index >= 15 is 0 Å². The van der Waals surface area contributed by atoms with Crippen LogP contribution in [0.2, 0.25) is 0 Å². The molecule has 1 unspecified atom stereocenters. The van der Waals surface area contributed by atoms with Gasteiger partial charge in [0.15, 0.2) is 0 Å². The van der Waals surface area contributed by atoms with Crippen molar-refractivity contribution in [2.45, 2.75) is 12.8 Å². The second kappa shape index (κ2) is 4.63. The van der Waals surface area contributed by atoms with Crippen molar-refractivity contribution in [3.05, 3.63) is 11.6 Å². The van der Waals surface area contributed by atoms with Crippen molar-refractivity contribution in [3.63, 3.8) is 0 Å². The maximum absolute atomic E-state index is 10.5. The molecule has 1 aliphatic rings. The highest BCUT2D eigenvalue weighted by Gasteiger charge is 2.14. The minimum absolute atomic E-state index is 0.0829. The fourth-order valence-corrected chi connectivity index (χ4v) is 1.29. The Morgan fingerprint density at radius 2 is 2.46 bits per heavy atom. The van der Waals surface area contributed by atoms with Gasteiger partial charge in [-0.3, -0.25) is 0 Å². The second-order valence-corrected chi connectivity index (χ2v) is 2.97. The summed E-state index contributed by atoms with van der Waals surface area (Å²) in [5.41, 5.74) is -0.185. The predicted octanol–water partition coefficient (Wildman–Crippen LogP) is 0.948. The summed E-state index contributed by atoms with van der Waals surface area (Å²) in [7, 11) is 0. The van der Waals surface area contributed by atoms with Crippen LogP contribution < -0.4 is 0 Å². The number of nitriles is 1. The average molecular weight is 181 g/mol. The molecule has 0 aromatic rings. The molecule has 1 atom stereocenters. The maximum Gasteiger partial charge on any atom is 0.346 e. The molecule has 1 N–H and O–H groups in total. The molecule has 0 saturated carbocycles. The van der Waals surface area contributed by atoms with Crippen molar-refractivity contribution in [2.75, 3.05) is 13.2 Å². The van der Waals surface area contributed by atoms with Crippen LogP contribution in [0, 0.1) is 17.2 Å². The van der Waals surface area contributed by atoms with Gasteiger partial charge >= 0.3 is 5.97 Å². The third kappa shape index (κ3) is 2.88. The van der Waals surface area contributed by atoms with E-state index in [1.165, 1.54) is 6.08 Å². The number of ether oxygens (including phenoxy) is 1. The van der Waals surface area contributed by atoms with E-state index < -0.39 is 5.97 Å². The van der Waals surface area contributed by atoms with Crippen molar-refractivity contribution in [3.8, 4) is 6.07 Å². The van der Waals surface area contributed by atoms with E-state index in [0.29, 0.717) is 6.61 Å². The topological polar surface area (TPSA) is 70.3 Å². The van der Waals surface area contributed by atoms with Crippen LogP contribution in [0.15, 0.2) is 11.6 Å². The van der Waals surface area contributed by atoms with Crippen LogP contribution in [-0.2, 0) is 9.53 Å². The third-order valence-corrected chi connectivity index (χ3v) is 1.95. The summed E-state index contributed by atoms with van der Waals surface area (Å²) in [5, 5.41) is 17.1. The van der Waals surface area contributed by atoms with Gasteiger partial charge < -0.3 is 9.84 Å². The molecule has 13 heavy (non-hydrogen) atoms. The molecule has 1 saturated heterocycles. The van der Waals surface area contributed by atoms with Crippen molar-refractivity contribution < 1.29 is 14.6 Å². The van der Waals surface area contributed by atoms with Crippen LogP contribution in [0.25, 0.3) is 0 Å². The second-order valence-electron chi connectivity index (χ2n) is 2.97. The molecule has 0 radical (unpaired) electrons. The van der Waals surface area contributed by atoms with Gasteiger partial charge in [-0.25, -0.2) is 4.79 Å². The summed E-state index contributed by atoms with van der Waals surface area (Å²) in [5.74, 6) is -1.08. The van der Waals surface area contributed by atoms with Crippen LogP contribution in [0.1, 0.15) is 12.8 Å². The van der Waals surface area contributed by atoms with E-state index in [2.05, 4.69) is 0 Å². The molecule has 70 valence electrons. The lowest BCUT2D eigenvalue weighted by molar-refractivity contribution is -0.132. The van der Waals surface area contributed by atoms with Gasteiger partial charge in [0.2, 0.25) is 0 Å². The summed E-state index contributed by atoms with van der Waals surface area (Å²) in [6, 6.07) is 1.65. The molecular formula is C9H11NO3. The minimum atomic E-state index is -1.16. The van der Waals surface area contributed by atoms with E-state index in [9.17, 15) is 4.79 Å². The molecule has 0 bridgehead atoms. The molecule has 4 nitrogen and oxygen atoms in total. The fraction of sp³-hybridized carbons (Fsp3) is 0.556. The van der Waals surface area contributed by atoms with E-state index in [1.807, 2.05) is 0 Å². The smallest absolute Gasteiger partial charge is 0.346 e. The van der Waals surface area contributed by atoms with Crippen LogP contribution in [0.4, 0.5) is 0 Å². The summed E-state index contributed by atoms with van der Waals surface area (Å²) >= 11 is 0. The molecular weight excluding hydrogens is 170 g/mol. The molecule has 4 heteroatoms. The van der Waals surface area contributed by atoms with Crippen molar-refractivity contribution in [2.24, 2.45) is 5.92 Å². The number of aliphatic carboxylic acids is 1. The zero-order valence-corrected chi connectivity index (χ0v) is 7.19. The lowest BCUT2D eigenvalue weighted by Crippen LogP contribution is -2.16. The molecule has 1 heterocycles. The zero-order chi connectivity index (χ0) is 9.68. The van der Waals surface area contributed by atoms with Gasteiger partial charge in [0.05, 0.1) is 6.61 Å². The highest BCUT2D eigenvalue weighted by Crippen LogP contribution is 2.16. The summed E-state index contributed by atoms with van der Waals surface area (Å²) in [6.07, 6.45) is 3.32. The Morgan fingerprint density at radius 3 is 2.92 bits per heavy atom. The van der Waals surface area contributed by atoms with Crippen LogP contribution in [-0.4, -0.2) is 24.3 Å². The van der Waals surface area contributed by atoms with Crippen molar-refractivity contribution in [1.29, 1.82) is 5.26 Å². The molecule has 1 aliphatic heterocycles. The van der Waals surface area contributed by atoms with Gasteiger partial charge in [0, 0.05) is 12.5 Å². The highest BCUT2D eigenvalue weighted by molar-refractivity contribution is 5.90. The monoisotopic (exact) mass is 181 g/mol. The van der Waals surface area contributed by atoms with Crippen molar-refractivity contribution >= 4 is 5.97 Å². The summed E-state index contributed by atoms with van der Waals surface area (Å²) in [4.78, 5) is 10.5. The molecule has 0 spiro atoms. The van der Waals surface area contributed by atoms with Gasteiger partial charge in [0.25, 0.3) is 0 Å². The quantitative estimate of drug-likeness (QED) is 0.508. The first-order chi connectivity index (χ1) is 6.24. The van der Waals surface area contributed by atoms with E-state index in [4.69, 9.17) is 15.1 Å². The molecule has 0 aliphatic carbocycles. The van der Waals surface area contributed by atoms with Crippen LogP contribution >= 0.6 is 0 Å². The molecule has 0 amide bonds. The van der Waals surface area contributed by atoms with E-state index in [-0.39, 0.29) is 11.5 Å². The lowest BCUT2D eigenvalue weighted by Gasteiger charge is -2.18. The first kappa shape index (κ1) is 9.75. The number of hydrogen-bond donors (Lipinski definition) is 1. The first-order valence-electron chi connectivity index (χ1n) is 4.17. The normalized spacial score (nSPS) is 23.6. The maximum atomic E-state index is 10.5. The van der Waals surface area contributed by atoms with Gasteiger partial charge in [0.1, 0.15) is 11.6 Å². The van der Waals surface area contributed by atoms with Crippen LogP contribution in [0.3, 0.4) is 0 Å². The molecule has 0 aromatic carbocycles. The number of carboxylic acids is 1. The fourth-order valence-electron chi connectivity index (χ4n) is 1.29. The number of nitrogens with zero attached hydrogens (tertiary/aromatic N) is 1. The average Bonchev–Trinajstić information content (AvgIpc) is 2.15. The van der Waals surface area contributed by atoms with Crippen LogP contribution in [0.5, 0.6) is 0 Å². The van der Waals surface area contributed by atoms with E-state index in [0.717, 1.165) is 19.4 Å². The standard InChI is InChI=1S/C9H11NO3/c10-5-8(9(11)12)4-7-2-1-3-13-6-7/h4,7H,1-3,6H2,(H,11,12). The van der Waals surface area contributed by atoms with Gasteiger partial charge in [-0.15, -0.1) is 0 Å². The Kier molecular flexibility index (Phi) is 3.47. The minimum Gasteiger partial charge on any atom is -0.477 e. The Hall–Kier alpha value is -1.34. The first-order valence-corrected chi connectivity index (χ1v) is 4.17. The number of carbonyl (C=O) groups is 1. The predicted molar refractivity (Wildman–Crippen MR) is 44.9 cm³/mol.